The first-order valence-corrected chi connectivity index (χ1v) is 6.41. The maximum absolute atomic E-state index is 5.90. The normalized spacial score (nSPS) is 18.6. The Morgan fingerprint density at radius 3 is 3.00 bits per heavy atom. The molecule has 2 heterocycles. The molecule has 94 valence electrons. The molecular formula is C15H18N2O. The van der Waals surface area contributed by atoms with Gasteiger partial charge < -0.3 is 15.0 Å². The zero-order chi connectivity index (χ0) is 12.4. The van der Waals surface area contributed by atoms with Gasteiger partial charge in [0.15, 0.2) is 0 Å². The number of rotatable bonds is 3. The van der Waals surface area contributed by atoms with Gasteiger partial charge in [0.25, 0.3) is 0 Å². The molecule has 3 rings (SSSR count). The van der Waals surface area contributed by atoms with Crippen LogP contribution in [0, 0.1) is 0 Å². The molecule has 1 aromatic carbocycles. The van der Waals surface area contributed by atoms with Crippen molar-refractivity contribution < 1.29 is 4.74 Å². The van der Waals surface area contributed by atoms with Gasteiger partial charge in [0.05, 0.1) is 13.2 Å². The fraction of sp³-hybridized carbons (Fsp3) is 0.333. The van der Waals surface area contributed by atoms with Gasteiger partial charge in [0, 0.05) is 18.9 Å². The second-order valence-electron chi connectivity index (χ2n) is 4.73. The molecule has 0 saturated heterocycles. The molecule has 0 amide bonds. The van der Waals surface area contributed by atoms with Gasteiger partial charge in [-0.05, 0) is 29.2 Å². The molecule has 2 aromatic rings. The van der Waals surface area contributed by atoms with Gasteiger partial charge in [-0.25, -0.2) is 0 Å². The van der Waals surface area contributed by atoms with Crippen LogP contribution in [0.1, 0.15) is 22.8 Å². The summed E-state index contributed by atoms with van der Waals surface area (Å²) in [6.07, 6.45) is 5.35. The first-order valence-electron chi connectivity index (χ1n) is 6.41. The summed E-state index contributed by atoms with van der Waals surface area (Å²) in [7, 11) is 0. The van der Waals surface area contributed by atoms with Crippen LogP contribution in [0.4, 0.5) is 0 Å². The van der Waals surface area contributed by atoms with Crippen molar-refractivity contribution in [2.45, 2.75) is 25.6 Å². The summed E-state index contributed by atoms with van der Waals surface area (Å²) >= 11 is 0. The molecule has 1 aliphatic heterocycles. The van der Waals surface area contributed by atoms with E-state index in [1.807, 2.05) is 0 Å². The molecule has 0 bridgehead atoms. The third-order valence-corrected chi connectivity index (χ3v) is 3.52. The van der Waals surface area contributed by atoms with Gasteiger partial charge in [0.2, 0.25) is 0 Å². The van der Waals surface area contributed by atoms with Crippen LogP contribution in [0.25, 0.3) is 0 Å². The van der Waals surface area contributed by atoms with Crippen molar-refractivity contribution in [1.29, 1.82) is 0 Å². The molecular weight excluding hydrogens is 224 g/mol. The Kier molecular flexibility index (Phi) is 3.17. The van der Waals surface area contributed by atoms with E-state index in [1.54, 1.807) is 0 Å². The second kappa shape index (κ2) is 4.96. The lowest BCUT2D eigenvalue weighted by Crippen LogP contribution is -2.20. The minimum atomic E-state index is 0.160. The highest BCUT2D eigenvalue weighted by molar-refractivity contribution is 5.31. The maximum Gasteiger partial charge on any atom is 0.101 e. The molecule has 0 radical (unpaired) electrons. The van der Waals surface area contributed by atoms with Crippen LogP contribution in [0.2, 0.25) is 0 Å². The lowest BCUT2D eigenvalue weighted by atomic mass is 9.97. The maximum atomic E-state index is 5.90. The number of hydrogen-bond donors (Lipinski definition) is 1. The summed E-state index contributed by atoms with van der Waals surface area (Å²) in [6, 6.07) is 10.6. The largest absolute Gasteiger partial charge is 0.371 e. The molecule has 1 atom stereocenters. The van der Waals surface area contributed by atoms with Gasteiger partial charge >= 0.3 is 0 Å². The van der Waals surface area contributed by atoms with Crippen LogP contribution in [-0.2, 0) is 24.2 Å². The van der Waals surface area contributed by atoms with Crippen LogP contribution in [0.15, 0.2) is 42.7 Å². The summed E-state index contributed by atoms with van der Waals surface area (Å²) in [5, 5.41) is 0. The predicted molar refractivity (Wildman–Crippen MR) is 71.2 cm³/mol. The number of ether oxygens (including phenoxy) is 1. The lowest BCUT2D eigenvalue weighted by Gasteiger charge is -2.26. The van der Waals surface area contributed by atoms with E-state index in [0.717, 1.165) is 19.6 Å². The fourth-order valence-electron chi connectivity index (χ4n) is 2.54. The fourth-order valence-corrected chi connectivity index (χ4v) is 2.54. The van der Waals surface area contributed by atoms with Crippen LogP contribution < -0.4 is 5.73 Å². The van der Waals surface area contributed by atoms with E-state index in [0.29, 0.717) is 6.54 Å². The number of fused-ring (bicyclic) bond motifs is 1. The van der Waals surface area contributed by atoms with Gasteiger partial charge in [0.1, 0.15) is 6.10 Å². The average Bonchev–Trinajstić information content (AvgIpc) is 2.87. The van der Waals surface area contributed by atoms with E-state index < -0.39 is 0 Å². The Hall–Kier alpha value is -1.58. The number of hydrogen-bond acceptors (Lipinski definition) is 2. The highest BCUT2D eigenvalue weighted by Crippen LogP contribution is 2.28. The zero-order valence-electron chi connectivity index (χ0n) is 10.4. The minimum Gasteiger partial charge on any atom is -0.371 e. The molecule has 3 heteroatoms. The van der Waals surface area contributed by atoms with Crippen LogP contribution in [0.5, 0.6) is 0 Å². The number of nitrogens with zero attached hydrogens (tertiary/aromatic N) is 1. The smallest absolute Gasteiger partial charge is 0.101 e. The molecule has 0 fully saturated rings. The van der Waals surface area contributed by atoms with E-state index >= 15 is 0 Å². The topological polar surface area (TPSA) is 40.2 Å². The summed E-state index contributed by atoms with van der Waals surface area (Å²) in [5.41, 5.74) is 9.54. The van der Waals surface area contributed by atoms with Crippen molar-refractivity contribution >= 4 is 0 Å². The van der Waals surface area contributed by atoms with E-state index in [4.69, 9.17) is 10.5 Å². The summed E-state index contributed by atoms with van der Waals surface area (Å²) in [4.78, 5) is 0. The quantitative estimate of drug-likeness (QED) is 0.896. The molecule has 1 aromatic heterocycles. The van der Waals surface area contributed by atoms with E-state index in [2.05, 4.69) is 47.3 Å². The molecule has 1 unspecified atom stereocenters. The Bertz CT molecular complexity index is 533. The Labute approximate surface area is 107 Å². The van der Waals surface area contributed by atoms with Gasteiger partial charge in [-0.15, -0.1) is 0 Å². The van der Waals surface area contributed by atoms with E-state index in [1.165, 1.54) is 16.7 Å². The number of nitrogens with two attached hydrogens (primary N) is 1. The standard InChI is InChI=1S/C15H18N2O/c16-9-12-5-7-17(10-12)11-15-14-4-2-1-3-13(14)6-8-18-15/h1-5,7,10,15H,6,8-9,11,16H2. The first kappa shape index (κ1) is 11.5. The van der Waals surface area contributed by atoms with E-state index in [-0.39, 0.29) is 6.10 Å². The lowest BCUT2D eigenvalue weighted by molar-refractivity contribution is 0.0307. The predicted octanol–water partition coefficient (Wildman–Crippen LogP) is 2.26. The Morgan fingerprint density at radius 1 is 1.28 bits per heavy atom. The number of benzene rings is 1. The molecule has 3 nitrogen and oxygen atoms in total. The summed E-state index contributed by atoms with van der Waals surface area (Å²) in [6.45, 7) is 2.26. The summed E-state index contributed by atoms with van der Waals surface area (Å²) < 4.78 is 8.06. The molecule has 18 heavy (non-hydrogen) atoms. The van der Waals surface area contributed by atoms with Gasteiger partial charge in [-0.2, -0.15) is 0 Å². The summed E-state index contributed by atoms with van der Waals surface area (Å²) in [5.74, 6) is 0. The molecule has 0 spiro atoms. The van der Waals surface area contributed by atoms with E-state index in [9.17, 15) is 0 Å². The number of aromatic nitrogens is 1. The van der Waals surface area contributed by atoms with Crippen molar-refractivity contribution in [2.75, 3.05) is 6.61 Å². The van der Waals surface area contributed by atoms with Crippen molar-refractivity contribution in [3.63, 3.8) is 0 Å². The third kappa shape index (κ3) is 2.19. The Morgan fingerprint density at radius 2 is 2.17 bits per heavy atom. The second-order valence-corrected chi connectivity index (χ2v) is 4.73. The zero-order valence-corrected chi connectivity index (χ0v) is 10.4. The Balaban J connectivity index is 1.81. The van der Waals surface area contributed by atoms with Gasteiger partial charge in [-0.1, -0.05) is 24.3 Å². The van der Waals surface area contributed by atoms with Gasteiger partial charge in [-0.3, -0.25) is 0 Å². The highest BCUT2D eigenvalue weighted by atomic mass is 16.5. The monoisotopic (exact) mass is 242 g/mol. The molecule has 0 saturated carbocycles. The molecule has 0 aliphatic carbocycles. The van der Waals surface area contributed by atoms with Crippen LogP contribution in [-0.4, -0.2) is 11.2 Å². The minimum absolute atomic E-state index is 0.160. The SMILES string of the molecule is NCc1ccn(CC2OCCc3ccccc32)c1. The van der Waals surface area contributed by atoms with Crippen molar-refractivity contribution in [3.8, 4) is 0 Å². The van der Waals surface area contributed by atoms with Crippen molar-refractivity contribution in [1.82, 2.24) is 4.57 Å². The molecule has 2 N–H and O–H groups in total. The van der Waals surface area contributed by atoms with Crippen LogP contribution in [0.3, 0.4) is 0 Å². The van der Waals surface area contributed by atoms with Crippen molar-refractivity contribution in [3.05, 3.63) is 59.4 Å². The molecule has 1 aliphatic rings. The first-order chi connectivity index (χ1) is 8.86. The average molecular weight is 242 g/mol. The van der Waals surface area contributed by atoms with Crippen LogP contribution >= 0.6 is 0 Å². The van der Waals surface area contributed by atoms with Crippen molar-refractivity contribution in [2.24, 2.45) is 5.73 Å². The third-order valence-electron chi connectivity index (χ3n) is 3.52. The highest BCUT2D eigenvalue weighted by Gasteiger charge is 2.20.